The SMILES string of the molecule is CC(=O)c1ccc(OC[C@H](O)Cn2c(C)nc3cc4c(cc32)OCCO4)cc1. The average Bonchev–Trinajstić information content (AvgIpc) is 2.99. The second kappa shape index (κ2) is 7.52. The summed E-state index contributed by atoms with van der Waals surface area (Å²) >= 11 is 0. The van der Waals surface area contributed by atoms with Crippen molar-refractivity contribution in [2.75, 3.05) is 19.8 Å². The van der Waals surface area contributed by atoms with E-state index in [-0.39, 0.29) is 12.4 Å². The van der Waals surface area contributed by atoms with Crippen molar-refractivity contribution in [1.82, 2.24) is 9.55 Å². The Bertz CT molecular complexity index is 1010. The minimum absolute atomic E-state index is 0.00520. The number of benzene rings is 2. The lowest BCUT2D eigenvalue weighted by atomic mass is 10.1. The van der Waals surface area contributed by atoms with Gasteiger partial charge in [-0.2, -0.15) is 0 Å². The van der Waals surface area contributed by atoms with Crippen LogP contribution in [-0.4, -0.2) is 46.4 Å². The van der Waals surface area contributed by atoms with Crippen LogP contribution in [0.25, 0.3) is 11.0 Å². The van der Waals surface area contributed by atoms with Gasteiger partial charge in [0, 0.05) is 17.7 Å². The van der Waals surface area contributed by atoms with E-state index in [0.717, 1.165) is 16.9 Å². The number of carbonyl (C=O) groups is 1. The van der Waals surface area contributed by atoms with Gasteiger partial charge in [0.25, 0.3) is 0 Å². The molecule has 1 aromatic heterocycles. The zero-order valence-corrected chi connectivity index (χ0v) is 15.8. The molecule has 0 radical (unpaired) electrons. The molecule has 1 aliphatic rings. The van der Waals surface area contributed by atoms with Crippen LogP contribution in [0.5, 0.6) is 17.2 Å². The number of imidazole rings is 1. The maximum absolute atomic E-state index is 11.3. The predicted molar refractivity (Wildman–Crippen MR) is 103 cm³/mol. The van der Waals surface area contributed by atoms with Crippen molar-refractivity contribution in [3.63, 3.8) is 0 Å². The molecule has 1 N–H and O–H groups in total. The molecule has 7 nitrogen and oxygen atoms in total. The fourth-order valence-electron chi connectivity index (χ4n) is 3.25. The van der Waals surface area contributed by atoms with Gasteiger partial charge in [0.1, 0.15) is 37.5 Å². The van der Waals surface area contributed by atoms with Crippen LogP contribution >= 0.6 is 0 Å². The fraction of sp³-hybridized carbons (Fsp3) is 0.333. The molecule has 4 rings (SSSR count). The van der Waals surface area contributed by atoms with E-state index in [2.05, 4.69) is 4.98 Å². The van der Waals surface area contributed by atoms with E-state index in [1.165, 1.54) is 6.92 Å². The minimum atomic E-state index is -0.725. The summed E-state index contributed by atoms with van der Waals surface area (Å²) in [4.78, 5) is 15.9. The number of aromatic nitrogens is 2. The number of fused-ring (bicyclic) bond motifs is 2. The summed E-state index contributed by atoms with van der Waals surface area (Å²) in [7, 11) is 0. The lowest BCUT2D eigenvalue weighted by Crippen LogP contribution is -2.24. The maximum atomic E-state index is 11.3. The van der Waals surface area contributed by atoms with Crippen molar-refractivity contribution >= 4 is 16.8 Å². The van der Waals surface area contributed by atoms with E-state index in [9.17, 15) is 9.90 Å². The number of Topliss-reactive ketones (excluding diaryl/α,β-unsaturated/α-hetero) is 1. The molecule has 0 bridgehead atoms. The van der Waals surface area contributed by atoms with Gasteiger partial charge in [0.05, 0.1) is 17.6 Å². The van der Waals surface area contributed by atoms with Crippen LogP contribution < -0.4 is 14.2 Å². The Kier molecular flexibility index (Phi) is 4.92. The molecule has 28 heavy (non-hydrogen) atoms. The first-order chi connectivity index (χ1) is 13.5. The number of nitrogens with zero attached hydrogens (tertiary/aromatic N) is 2. The highest BCUT2D eigenvalue weighted by atomic mass is 16.6. The molecule has 2 aromatic carbocycles. The first-order valence-electron chi connectivity index (χ1n) is 9.19. The Hall–Kier alpha value is -3.06. The maximum Gasteiger partial charge on any atom is 0.163 e. The van der Waals surface area contributed by atoms with Gasteiger partial charge in [-0.05, 0) is 38.1 Å². The van der Waals surface area contributed by atoms with Crippen molar-refractivity contribution in [3.8, 4) is 17.2 Å². The highest BCUT2D eigenvalue weighted by Crippen LogP contribution is 2.34. The summed E-state index contributed by atoms with van der Waals surface area (Å²) in [6.45, 7) is 4.93. The number of aliphatic hydroxyl groups is 1. The molecule has 146 valence electrons. The summed E-state index contributed by atoms with van der Waals surface area (Å²) < 4.78 is 18.9. The molecule has 0 unspecified atom stereocenters. The zero-order valence-electron chi connectivity index (χ0n) is 15.8. The van der Waals surface area contributed by atoms with E-state index in [1.54, 1.807) is 24.3 Å². The average molecular weight is 382 g/mol. The standard InChI is InChI=1S/C21H22N2O5/c1-13(24)15-3-5-17(6-4-15)28-12-16(25)11-23-14(2)22-18-9-20-21(10-19(18)23)27-8-7-26-20/h3-6,9-10,16,25H,7-8,11-12H2,1-2H3/t16-/m1/s1. The number of hydrogen-bond donors (Lipinski definition) is 1. The summed E-state index contributed by atoms with van der Waals surface area (Å²) in [5.74, 6) is 2.79. The minimum Gasteiger partial charge on any atom is -0.491 e. The summed E-state index contributed by atoms with van der Waals surface area (Å²) in [5.41, 5.74) is 2.31. The van der Waals surface area contributed by atoms with Gasteiger partial charge < -0.3 is 23.9 Å². The van der Waals surface area contributed by atoms with Crippen molar-refractivity contribution in [2.24, 2.45) is 0 Å². The molecule has 0 fully saturated rings. The number of ketones is 1. The van der Waals surface area contributed by atoms with Crippen molar-refractivity contribution < 1.29 is 24.1 Å². The first kappa shape index (κ1) is 18.3. The van der Waals surface area contributed by atoms with Gasteiger partial charge in [0.15, 0.2) is 17.3 Å². The molecule has 0 spiro atoms. The first-order valence-corrected chi connectivity index (χ1v) is 9.19. The van der Waals surface area contributed by atoms with Crippen molar-refractivity contribution in [2.45, 2.75) is 26.5 Å². The molecule has 0 aliphatic carbocycles. The molecule has 1 atom stereocenters. The summed E-state index contributed by atoms with van der Waals surface area (Å²) in [5, 5.41) is 10.5. The third-order valence-electron chi connectivity index (χ3n) is 4.70. The van der Waals surface area contributed by atoms with Gasteiger partial charge in [-0.1, -0.05) is 0 Å². The van der Waals surface area contributed by atoms with Gasteiger partial charge in [-0.3, -0.25) is 4.79 Å². The normalized spacial score (nSPS) is 14.1. The second-order valence-corrected chi connectivity index (χ2v) is 6.80. The third kappa shape index (κ3) is 3.66. The van der Waals surface area contributed by atoms with Crippen LogP contribution in [0.4, 0.5) is 0 Å². The molecule has 0 amide bonds. The highest BCUT2D eigenvalue weighted by Gasteiger charge is 2.18. The quantitative estimate of drug-likeness (QED) is 0.660. The van der Waals surface area contributed by atoms with Gasteiger partial charge >= 0.3 is 0 Å². The molecular formula is C21H22N2O5. The number of ether oxygens (including phenoxy) is 3. The Morgan fingerprint density at radius 2 is 1.89 bits per heavy atom. The van der Waals surface area contributed by atoms with Crippen LogP contribution in [0.1, 0.15) is 23.1 Å². The smallest absolute Gasteiger partial charge is 0.163 e. The number of aryl methyl sites for hydroxylation is 1. The number of rotatable bonds is 6. The second-order valence-electron chi connectivity index (χ2n) is 6.80. The lowest BCUT2D eigenvalue weighted by molar-refractivity contribution is 0.0928. The predicted octanol–water partition coefficient (Wildman–Crippen LogP) is 2.76. The highest BCUT2D eigenvalue weighted by molar-refractivity contribution is 5.94. The van der Waals surface area contributed by atoms with E-state index in [0.29, 0.717) is 42.6 Å². The number of hydrogen-bond acceptors (Lipinski definition) is 6. The van der Waals surface area contributed by atoms with E-state index in [1.807, 2.05) is 23.6 Å². The molecule has 0 saturated heterocycles. The van der Waals surface area contributed by atoms with Crippen molar-refractivity contribution in [3.05, 3.63) is 47.8 Å². The van der Waals surface area contributed by atoms with Crippen LogP contribution in [-0.2, 0) is 6.54 Å². The number of aliphatic hydroxyl groups excluding tert-OH is 1. The molecular weight excluding hydrogens is 360 g/mol. The molecule has 2 heterocycles. The Morgan fingerprint density at radius 3 is 2.57 bits per heavy atom. The van der Waals surface area contributed by atoms with Crippen LogP contribution in [0, 0.1) is 6.92 Å². The molecule has 7 heteroatoms. The molecule has 0 saturated carbocycles. The Labute approximate surface area is 162 Å². The largest absolute Gasteiger partial charge is 0.491 e. The fourth-order valence-corrected chi connectivity index (χ4v) is 3.25. The Morgan fingerprint density at radius 1 is 1.21 bits per heavy atom. The van der Waals surface area contributed by atoms with Crippen LogP contribution in [0.2, 0.25) is 0 Å². The third-order valence-corrected chi connectivity index (χ3v) is 4.70. The van der Waals surface area contributed by atoms with Gasteiger partial charge in [-0.25, -0.2) is 4.98 Å². The van der Waals surface area contributed by atoms with E-state index < -0.39 is 6.10 Å². The van der Waals surface area contributed by atoms with E-state index >= 15 is 0 Å². The van der Waals surface area contributed by atoms with Crippen LogP contribution in [0.15, 0.2) is 36.4 Å². The Balaban J connectivity index is 1.46. The monoisotopic (exact) mass is 382 g/mol. The van der Waals surface area contributed by atoms with E-state index in [4.69, 9.17) is 14.2 Å². The summed E-state index contributed by atoms with van der Waals surface area (Å²) in [6, 6.07) is 10.6. The summed E-state index contributed by atoms with van der Waals surface area (Å²) in [6.07, 6.45) is -0.725. The molecule has 3 aromatic rings. The molecule has 1 aliphatic heterocycles. The topological polar surface area (TPSA) is 82.8 Å². The van der Waals surface area contributed by atoms with Gasteiger partial charge in [-0.15, -0.1) is 0 Å². The number of carbonyl (C=O) groups excluding carboxylic acids is 1. The van der Waals surface area contributed by atoms with Gasteiger partial charge in [0.2, 0.25) is 0 Å². The van der Waals surface area contributed by atoms with Crippen molar-refractivity contribution in [1.29, 1.82) is 0 Å². The zero-order chi connectivity index (χ0) is 19.7. The van der Waals surface area contributed by atoms with Crippen LogP contribution in [0.3, 0.4) is 0 Å². The lowest BCUT2D eigenvalue weighted by Gasteiger charge is -2.19.